The fourth-order valence-corrected chi connectivity index (χ4v) is 5.00. The van der Waals surface area contributed by atoms with Crippen molar-refractivity contribution in [1.82, 2.24) is 0 Å². The predicted octanol–water partition coefficient (Wildman–Crippen LogP) is 9.26. The van der Waals surface area contributed by atoms with Gasteiger partial charge in [-0.15, -0.1) is 0 Å². The zero-order chi connectivity index (χ0) is 23.3. The second kappa shape index (κ2) is 8.23. The summed E-state index contributed by atoms with van der Waals surface area (Å²) < 4.78 is 79.1. The largest absolute Gasteiger partial charge is 0.416 e. The Bertz CT molecular complexity index is 1230. The van der Waals surface area contributed by atoms with Gasteiger partial charge in [0.1, 0.15) is 0 Å². The molecule has 0 aromatic heterocycles. The first-order valence-electron chi connectivity index (χ1n) is 9.23. The molecule has 0 bridgehead atoms. The summed E-state index contributed by atoms with van der Waals surface area (Å²) in [6.45, 7) is 0. The van der Waals surface area contributed by atoms with Crippen molar-refractivity contribution in [2.75, 3.05) is 0 Å². The van der Waals surface area contributed by atoms with Gasteiger partial charge in [0.2, 0.25) is 0 Å². The van der Waals surface area contributed by atoms with Crippen LogP contribution in [0, 0.1) is 0 Å². The molecule has 0 atom stereocenters. The molecule has 4 rings (SSSR count). The van der Waals surface area contributed by atoms with E-state index in [9.17, 15) is 26.3 Å². The third-order valence-corrected chi connectivity index (χ3v) is 6.77. The van der Waals surface area contributed by atoms with Gasteiger partial charge in [0.15, 0.2) is 0 Å². The lowest BCUT2D eigenvalue weighted by molar-refractivity contribution is -0.138. The van der Waals surface area contributed by atoms with Crippen LogP contribution in [0.2, 0.25) is 0 Å². The molecule has 3 aromatic carbocycles. The van der Waals surface area contributed by atoms with Crippen molar-refractivity contribution in [3.05, 3.63) is 106 Å². The van der Waals surface area contributed by atoms with E-state index in [1.807, 2.05) is 24.3 Å². The summed E-state index contributed by atoms with van der Waals surface area (Å²) in [4.78, 5) is 0. The molecule has 0 amide bonds. The second-order valence-electron chi connectivity index (χ2n) is 7.07. The monoisotopic (exact) mass is 572 g/mol. The molecule has 0 fully saturated rings. The van der Waals surface area contributed by atoms with Crippen molar-refractivity contribution in [3.63, 3.8) is 0 Å². The molecule has 3 aromatic rings. The first-order valence-corrected chi connectivity index (χ1v) is 10.8. The van der Waals surface area contributed by atoms with Gasteiger partial charge in [-0.1, -0.05) is 48.5 Å². The third-order valence-electron chi connectivity index (χ3n) is 5.09. The van der Waals surface area contributed by atoms with Crippen LogP contribution in [-0.2, 0) is 12.4 Å². The molecule has 0 N–H and O–H groups in total. The van der Waals surface area contributed by atoms with Crippen molar-refractivity contribution >= 4 is 52.0 Å². The minimum atomic E-state index is -4.46. The molecule has 1 aliphatic rings. The van der Waals surface area contributed by atoms with Crippen LogP contribution < -0.4 is 0 Å². The van der Waals surface area contributed by atoms with Gasteiger partial charge in [-0.25, -0.2) is 0 Å². The molecular formula is C24H12Br2F6. The van der Waals surface area contributed by atoms with E-state index in [2.05, 4.69) is 31.9 Å². The average Bonchev–Trinajstić information content (AvgIpc) is 3.05. The highest BCUT2D eigenvalue weighted by molar-refractivity contribution is 9.15. The van der Waals surface area contributed by atoms with Gasteiger partial charge in [-0.2, -0.15) is 26.3 Å². The summed E-state index contributed by atoms with van der Waals surface area (Å²) in [6.07, 6.45) is -8.91. The van der Waals surface area contributed by atoms with Gasteiger partial charge in [-0.05, 0) is 78.4 Å². The quantitative estimate of drug-likeness (QED) is 0.268. The Labute approximate surface area is 196 Å². The fraction of sp³-hybridized carbons (Fsp3) is 0.0833. The van der Waals surface area contributed by atoms with E-state index in [4.69, 9.17) is 0 Å². The van der Waals surface area contributed by atoms with Crippen LogP contribution in [0.25, 0.3) is 20.1 Å². The Balaban J connectivity index is 1.88. The maximum absolute atomic E-state index is 13.0. The molecule has 0 aliphatic heterocycles. The lowest BCUT2D eigenvalue weighted by Gasteiger charge is -2.14. The average molecular weight is 574 g/mol. The minimum absolute atomic E-state index is 0.509. The maximum atomic E-state index is 13.0. The van der Waals surface area contributed by atoms with E-state index in [1.165, 1.54) is 24.3 Å². The molecule has 32 heavy (non-hydrogen) atoms. The highest BCUT2D eigenvalue weighted by Gasteiger charge is 2.33. The zero-order valence-corrected chi connectivity index (χ0v) is 19.1. The molecule has 0 unspecified atom stereocenters. The standard InChI is InChI=1S/C24H12Br2F6/c25-21(14-7-11-16(12-8-14)24(30,31)32)20-17-3-1-2-4-18(17)22(26)19(20)13-5-9-15(10-6-13)23(27,28)29/h1-12H/b21-20+. The predicted molar refractivity (Wildman–Crippen MR) is 121 cm³/mol. The van der Waals surface area contributed by atoms with Crippen LogP contribution >= 0.6 is 31.9 Å². The van der Waals surface area contributed by atoms with E-state index in [-0.39, 0.29) is 0 Å². The highest BCUT2D eigenvalue weighted by Crippen LogP contribution is 2.53. The normalized spacial score (nSPS) is 15.8. The third kappa shape index (κ3) is 4.18. The molecular weight excluding hydrogens is 562 g/mol. The fourth-order valence-electron chi connectivity index (χ4n) is 3.55. The van der Waals surface area contributed by atoms with Crippen LogP contribution in [0.3, 0.4) is 0 Å². The van der Waals surface area contributed by atoms with Crippen LogP contribution in [-0.4, -0.2) is 0 Å². The summed E-state index contributed by atoms with van der Waals surface area (Å²) in [7, 11) is 0. The molecule has 0 saturated heterocycles. The molecule has 1 aliphatic carbocycles. The topological polar surface area (TPSA) is 0 Å². The van der Waals surface area contributed by atoms with Crippen LogP contribution in [0.1, 0.15) is 33.4 Å². The Morgan fingerprint density at radius 3 is 1.59 bits per heavy atom. The van der Waals surface area contributed by atoms with E-state index in [0.717, 1.165) is 35.4 Å². The van der Waals surface area contributed by atoms with Crippen molar-refractivity contribution in [2.45, 2.75) is 12.4 Å². The Morgan fingerprint density at radius 1 is 0.625 bits per heavy atom. The number of allylic oxidation sites excluding steroid dienone is 2. The van der Waals surface area contributed by atoms with Crippen molar-refractivity contribution in [1.29, 1.82) is 0 Å². The van der Waals surface area contributed by atoms with Gasteiger partial charge < -0.3 is 0 Å². The van der Waals surface area contributed by atoms with Gasteiger partial charge >= 0.3 is 12.4 Å². The van der Waals surface area contributed by atoms with Gasteiger partial charge in [0.25, 0.3) is 0 Å². The van der Waals surface area contributed by atoms with Crippen LogP contribution in [0.4, 0.5) is 26.3 Å². The van der Waals surface area contributed by atoms with Gasteiger partial charge in [0, 0.05) is 20.1 Å². The number of fused-ring (bicyclic) bond motifs is 1. The van der Waals surface area contributed by atoms with Crippen molar-refractivity contribution in [2.24, 2.45) is 0 Å². The van der Waals surface area contributed by atoms with Gasteiger partial charge in [0.05, 0.1) is 11.1 Å². The Morgan fingerprint density at radius 2 is 1.09 bits per heavy atom. The summed E-state index contributed by atoms with van der Waals surface area (Å²) in [5, 5.41) is 0. The summed E-state index contributed by atoms with van der Waals surface area (Å²) >= 11 is 7.10. The smallest absolute Gasteiger partial charge is 0.166 e. The van der Waals surface area contributed by atoms with Crippen LogP contribution in [0.15, 0.2) is 72.8 Å². The Kier molecular flexibility index (Phi) is 5.88. The molecule has 0 saturated carbocycles. The maximum Gasteiger partial charge on any atom is 0.416 e. The van der Waals surface area contributed by atoms with Crippen molar-refractivity contribution in [3.8, 4) is 0 Å². The molecule has 0 spiro atoms. The first-order chi connectivity index (χ1) is 15.0. The molecule has 0 heterocycles. The summed E-state index contributed by atoms with van der Waals surface area (Å²) in [5.41, 5.74) is 2.48. The Hall–Kier alpha value is -2.32. The molecule has 0 radical (unpaired) electrons. The summed E-state index contributed by atoms with van der Waals surface area (Å²) in [5.74, 6) is 0. The second-order valence-corrected chi connectivity index (χ2v) is 8.66. The number of benzene rings is 3. The SMILES string of the molecule is FC(F)(F)c1ccc(C2=C(Br)c3ccccc3/C2=C(\Br)c2ccc(C(F)(F)F)cc2)cc1. The van der Waals surface area contributed by atoms with E-state index in [1.54, 1.807) is 0 Å². The number of hydrogen-bond donors (Lipinski definition) is 0. The number of halogens is 8. The van der Waals surface area contributed by atoms with Crippen LogP contribution in [0.5, 0.6) is 0 Å². The number of hydrogen-bond acceptors (Lipinski definition) is 0. The number of rotatable bonds is 2. The molecule has 164 valence electrons. The number of alkyl halides is 6. The van der Waals surface area contributed by atoms with Gasteiger partial charge in [-0.3, -0.25) is 0 Å². The molecule has 8 heteroatoms. The van der Waals surface area contributed by atoms with E-state index >= 15 is 0 Å². The molecule has 0 nitrogen and oxygen atoms in total. The van der Waals surface area contributed by atoms with E-state index in [0.29, 0.717) is 31.2 Å². The summed E-state index contributed by atoms with van der Waals surface area (Å²) in [6, 6.07) is 16.9. The lowest BCUT2D eigenvalue weighted by atomic mass is 9.94. The van der Waals surface area contributed by atoms with E-state index < -0.39 is 23.5 Å². The zero-order valence-electron chi connectivity index (χ0n) is 16.0. The lowest BCUT2D eigenvalue weighted by Crippen LogP contribution is -2.04. The van der Waals surface area contributed by atoms with Crippen molar-refractivity contribution < 1.29 is 26.3 Å². The minimum Gasteiger partial charge on any atom is -0.166 e. The highest BCUT2D eigenvalue weighted by atomic mass is 79.9. The first kappa shape index (κ1) is 22.9.